The molecule has 0 spiro atoms. The Balaban J connectivity index is 1.14. The molecule has 3 aromatic heterocycles. The zero-order valence-corrected chi connectivity index (χ0v) is 32.2. The van der Waals surface area contributed by atoms with Crippen LogP contribution in [-0.4, -0.2) is 13.7 Å². The van der Waals surface area contributed by atoms with Crippen LogP contribution in [0.3, 0.4) is 0 Å². The molecule has 0 saturated heterocycles. The highest BCUT2D eigenvalue weighted by molar-refractivity contribution is 6.21. The Hall–Kier alpha value is -7.88. The zero-order valence-electron chi connectivity index (χ0n) is 32.2. The Labute approximate surface area is 341 Å². The van der Waals surface area contributed by atoms with Gasteiger partial charge in [-0.3, -0.25) is 0 Å². The maximum absolute atomic E-state index is 2.47. The van der Waals surface area contributed by atoms with E-state index < -0.39 is 0 Å². The standard InChI is InChI=1S/C56H37N3/c1-5-15-38(16-6-1)41-25-27-53-49(35-41)50-36-42(39-17-7-2-8-18-39)26-28-54(50)58(53)45-33-43(40-19-9-3-10-20-40)34-46(37-45)59-52-24-14-13-23-47(52)56-48-31-32-57(44-21-11-4-12-22-44)51(48)29-30-55(56)59/h1-37H. The van der Waals surface area contributed by atoms with Crippen LogP contribution in [0.4, 0.5) is 0 Å². The highest BCUT2D eigenvalue weighted by Crippen LogP contribution is 2.42. The molecule has 12 rings (SSSR count). The predicted molar refractivity (Wildman–Crippen MR) is 248 cm³/mol. The maximum atomic E-state index is 2.47. The molecule has 9 aromatic carbocycles. The summed E-state index contributed by atoms with van der Waals surface area (Å²) in [6, 6.07) is 79.6. The Kier molecular flexibility index (Phi) is 7.54. The van der Waals surface area contributed by atoms with Crippen LogP contribution in [0.15, 0.2) is 225 Å². The molecule has 0 fully saturated rings. The van der Waals surface area contributed by atoms with Gasteiger partial charge in [0.05, 0.1) is 27.6 Å². The molecule has 0 N–H and O–H groups in total. The van der Waals surface area contributed by atoms with Crippen molar-refractivity contribution < 1.29 is 0 Å². The zero-order chi connectivity index (χ0) is 38.9. The van der Waals surface area contributed by atoms with Gasteiger partial charge in [0.1, 0.15) is 0 Å². The largest absolute Gasteiger partial charge is 0.317 e. The Bertz CT molecular complexity index is 3420. The molecule has 0 amide bonds. The van der Waals surface area contributed by atoms with Crippen LogP contribution in [-0.2, 0) is 0 Å². The normalized spacial score (nSPS) is 11.7. The SMILES string of the molecule is c1ccc(-c2cc(-n3c4ccc(-c5ccccc5)cc4c4cc(-c5ccccc5)ccc43)cc(-n3c4ccccc4c4c5ccn(-c6ccccc6)c5ccc43)c2)cc1. The average Bonchev–Trinajstić information content (AvgIpc) is 4.00. The van der Waals surface area contributed by atoms with Crippen molar-refractivity contribution in [2.24, 2.45) is 0 Å². The van der Waals surface area contributed by atoms with Gasteiger partial charge in [0.25, 0.3) is 0 Å². The minimum atomic E-state index is 1.11. The molecule has 0 atom stereocenters. The third-order valence-corrected chi connectivity index (χ3v) is 12.0. The van der Waals surface area contributed by atoms with Gasteiger partial charge >= 0.3 is 0 Å². The number of para-hydroxylation sites is 2. The molecule has 0 unspecified atom stereocenters. The lowest BCUT2D eigenvalue weighted by molar-refractivity contribution is 1.13. The summed E-state index contributed by atoms with van der Waals surface area (Å²) in [5.74, 6) is 0. The second-order valence-electron chi connectivity index (χ2n) is 15.4. The first-order valence-electron chi connectivity index (χ1n) is 20.3. The molecular weight excluding hydrogens is 715 g/mol. The predicted octanol–water partition coefficient (Wildman–Crippen LogP) is 14.8. The molecular formula is C56H37N3. The molecule has 3 heterocycles. The highest BCUT2D eigenvalue weighted by atomic mass is 15.0. The first-order valence-corrected chi connectivity index (χ1v) is 20.3. The summed E-state index contributed by atoms with van der Waals surface area (Å²) in [7, 11) is 0. The van der Waals surface area contributed by atoms with Crippen molar-refractivity contribution in [2.45, 2.75) is 0 Å². The van der Waals surface area contributed by atoms with E-state index in [9.17, 15) is 0 Å². The van der Waals surface area contributed by atoms with Gasteiger partial charge in [-0.1, -0.05) is 140 Å². The first kappa shape index (κ1) is 33.3. The lowest BCUT2D eigenvalue weighted by Gasteiger charge is -2.16. The number of hydrogen-bond donors (Lipinski definition) is 0. The summed E-state index contributed by atoms with van der Waals surface area (Å²) < 4.78 is 7.23. The van der Waals surface area contributed by atoms with E-state index in [0.29, 0.717) is 0 Å². The molecule has 276 valence electrons. The molecule has 0 aliphatic rings. The van der Waals surface area contributed by atoms with Gasteiger partial charge in [-0.05, 0) is 112 Å². The Morgan fingerprint density at radius 3 is 1.27 bits per heavy atom. The van der Waals surface area contributed by atoms with Crippen LogP contribution in [0.5, 0.6) is 0 Å². The molecule has 0 aliphatic carbocycles. The van der Waals surface area contributed by atoms with Crippen molar-refractivity contribution in [1.82, 2.24) is 13.7 Å². The topological polar surface area (TPSA) is 14.8 Å². The fourth-order valence-corrected chi connectivity index (χ4v) is 9.35. The smallest absolute Gasteiger partial charge is 0.0548 e. The van der Waals surface area contributed by atoms with E-state index >= 15 is 0 Å². The summed E-state index contributed by atoms with van der Waals surface area (Å²) in [6.07, 6.45) is 2.20. The molecule has 3 heteroatoms. The number of hydrogen-bond acceptors (Lipinski definition) is 0. The minimum absolute atomic E-state index is 1.11. The van der Waals surface area contributed by atoms with Gasteiger partial charge in [-0.2, -0.15) is 0 Å². The lowest BCUT2D eigenvalue weighted by atomic mass is 10.0. The third kappa shape index (κ3) is 5.36. The monoisotopic (exact) mass is 751 g/mol. The lowest BCUT2D eigenvalue weighted by Crippen LogP contribution is -2.00. The average molecular weight is 752 g/mol. The van der Waals surface area contributed by atoms with Gasteiger partial charge < -0.3 is 13.7 Å². The minimum Gasteiger partial charge on any atom is -0.317 e. The van der Waals surface area contributed by atoms with Gasteiger partial charge in [-0.15, -0.1) is 0 Å². The fraction of sp³-hybridized carbons (Fsp3) is 0. The van der Waals surface area contributed by atoms with Crippen molar-refractivity contribution >= 4 is 54.5 Å². The number of fused-ring (bicyclic) bond motifs is 8. The van der Waals surface area contributed by atoms with Crippen LogP contribution >= 0.6 is 0 Å². The third-order valence-electron chi connectivity index (χ3n) is 12.0. The summed E-state index contributed by atoms with van der Waals surface area (Å²) >= 11 is 0. The first-order chi connectivity index (χ1) is 29.3. The highest BCUT2D eigenvalue weighted by Gasteiger charge is 2.20. The molecule has 0 radical (unpaired) electrons. The van der Waals surface area contributed by atoms with E-state index in [4.69, 9.17) is 0 Å². The van der Waals surface area contributed by atoms with Gasteiger partial charge in [0.15, 0.2) is 0 Å². The van der Waals surface area contributed by atoms with Crippen LogP contribution in [0.1, 0.15) is 0 Å². The number of benzene rings is 9. The van der Waals surface area contributed by atoms with Crippen LogP contribution in [0.2, 0.25) is 0 Å². The van der Waals surface area contributed by atoms with Crippen molar-refractivity contribution in [3.05, 3.63) is 225 Å². The van der Waals surface area contributed by atoms with Crippen molar-refractivity contribution in [2.75, 3.05) is 0 Å². The van der Waals surface area contributed by atoms with Crippen molar-refractivity contribution in [3.8, 4) is 50.4 Å². The van der Waals surface area contributed by atoms with Crippen molar-refractivity contribution in [3.63, 3.8) is 0 Å². The molecule has 3 nitrogen and oxygen atoms in total. The van der Waals surface area contributed by atoms with E-state index in [2.05, 4.69) is 238 Å². The maximum Gasteiger partial charge on any atom is 0.0548 e. The quantitative estimate of drug-likeness (QED) is 0.161. The van der Waals surface area contributed by atoms with E-state index in [1.807, 2.05) is 0 Å². The van der Waals surface area contributed by atoms with Gasteiger partial charge in [0, 0.05) is 50.2 Å². The Morgan fingerprint density at radius 1 is 0.237 bits per heavy atom. The van der Waals surface area contributed by atoms with Crippen LogP contribution < -0.4 is 0 Å². The molecule has 0 saturated carbocycles. The van der Waals surface area contributed by atoms with E-state index in [0.717, 1.165) is 22.6 Å². The number of aromatic nitrogens is 3. The second-order valence-corrected chi connectivity index (χ2v) is 15.4. The Morgan fingerprint density at radius 2 is 0.678 bits per heavy atom. The molecule has 0 bridgehead atoms. The van der Waals surface area contributed by atoms with Crippen LogP contribution in [0, 0.1) is 0 Å². The summed E-state index contributed by atoms with van der Waals surface area (Å²) in [6.45, 7) is 0. The van der Waals surface area contributed by atoms with Crippen molar-refractivity contribution in [1.29, 1.82) is 0 Å². The second kappa shape index (κ2) is 13.4. The summed E-state index contributed by atoms with van der Waals surface area (Å²) in [5, 5.41) is 6.20. The molecule has 0 aliphatic heterocycles. The number of rotatable bonds is 6. The summed E-state index contributed by atoms with van der Waals surface area (Å²) in [4.78, 5) is 0. The summed E-state index contributed by atoms with van der Waals surface area (Å²) in [5.41, 5.74) is 16.5. The molecule has 59 heavy (non-hydrogen) atoms. The fourth-order valence-electron chi connectivity index (χ4n) is 9.35. The number of nitrogens with zero attached hydrogens (tertiary/aromatic N) is 3. The van der Waals surface area contributed by atoms with E-state index in [1.165, 1.54) is 82.3 Å². The van der Waals surface area contributed by atoms with E-state index in [-0.39, 0.29) is 0 Å². The van der Waals surface area contributed by atoms with Gasteiger partial charge in [0.2, 0.25) is 0 Å². The molecule has 12 aromatic rings. The van der Waals surface area contributed by atoms with E-state index in [1.54, 1.807) is 0 Å². The van der Waals surface area contributed by atoms with Gasteiger partial charge in [-0.25, -0.2) is 0 Å². The van der Waals surface area contributed by atoms with Crippen LogP contribution in [0.25, 0.3) is 105 Å².